The Bertz CT molecular complexity index is 337. The lowest BCUT2D eigenvalue weighted by Crippen LogP contribution is -2.02. The Morgan fingerprint density at radius 1 is 1.36 bits per heavy atom. The van der Waals surface area contributed by atoms with Gasteiger partial charge in [-0.3, -0.25) is 0 Å². The zero-order valence-corrected chi connectivity index (χ0v) is 6.12. The number of rotatable bonds is 0. The molecule has 2 heterocycles. The molecule has 1 aromatic rings. The minimum atomic E-state index is 0.323. The second kappa shape index (κ2) is 1.52. The maximum absolute atomic E-state index is 4.28. The number of fused-ring (bicyclic) bond motifs is 2. The number of nitrogens with zero attached hydrogens (tertiary/aromatic N) is 2. The SMILES string of the molecule is C1=Nc2ncccc2C12CC2. The van der Waals surface area contributed by atoms with Gasteiger partial charge in [-0.05, 0) is 18.9 Å². The van der Waals surface area contributed by atoms with Crippen molar-refractivity contribution in [3.63, 3.8) is 0 Å². The van der Waals surface area contributed by atoms with Gasteiger partial charge in [0.1, 0.15) is 0 Å². The molecule has 0 atom stereocenters. The quantitative estimate of drug-likeness (QED) is 0.545. The van der Waals surface area contributed by atoms with E-state index in [0.29, 0.717) is 5.41 Å². The van der Waals surface area contributed by atoms with Crippen LogP contribution in [0.4, 0.5) is 5.82 Å². The first-order chi connectivity index (χ1) is 5.41. The molecule has 11 heavy (non-hydrogen) atoms. The highest BCUT2D eigenvalue weighted by Crippen LogP contribution is 2.52. The van der Waals surface area contributed by atoms with Crippen LogP contribution >= 0.6 is 0 Å². The van der Waals surface area contributed by atoms with Crippen molar-refractivity contribution in [1.82, 2.24) is 4.98 Å². The summed E-state index contributed by atoms with van der Waals surface area (Å²) >= 11 is 0. The van der Waals surface area contributed by atoms with Crippen LogP contribution in [0.5, 0.6) is 0 Å². The molecule has 3 rings (SSSR count). The minimum absolute atomic E-state index is 0.323. The molecule has 1 saturated carbocycles. The van der Waals surface area contributed by atoms with Crippen LogP contribution in [0.25, 0.3) is 0 Å². The molecule has 0 amide bonds. The van der Waals surface area contributed by atoms with Gasteiger partial charge in [0.25, 0.3) is 0 Å². The normalized spacial score (nSPS) is 22.2. The molecule has 0 saturated heterocycles. The van der Waals surface area contributed by atoms with E-state index in [9.17, 15) is 0 Å². The fraction of sp³-hybridized carbons (Fsp3) is 0.333. The van der Waals surface area contributed by atoms with Crippen molar-refractivity contribution in [2.45, 2.75) is 18.3 Å². The van der Waals surface area contributed by atoms with Crippen LogP contribution in [0.1, 0.15) is 18.4 Å². The highest BCUT2D eigenvalue weighted by Gasteiger charge is 2.47. The fourth-order valence-corrected chi connectivity index (χ4v) is 1.68. The summed E-state index contributed by atoms with van der Waals surface area (Å²) in [7, 11) is 0. The topological polar surface area (TPSA) is 25.2 Å². The summed E-state index contributed by atoms with van der Waals surface area (Å²) in [5, 5.41) is 0. The maximum atomic E-state index is 4.28. The first kappa shape index (κ1) is 5.47. The van der Waals surface area contributed by atoms with Crippen molar-refractivity contribution in [2.75, 3.05) is 0 Å². The van der Waals surface area contributed by atoms with E-state index in [-0.39, 0.29) is 0 Å². The highest BCUT2D eigenvalue weighted by molar-refractivity contribution is 5.86. The maximum Gasteiger partial charge on any atom is 0.155 e. The summed E-state index contributed by atoms with van der Waals surface area (Å²) in [4.78, 5) is 8.48. The number of aromatic nitrogens is 1. The smallest absolute Gasteiger partial charge is 0.155 e. The lowest BCUT2D eigenvalue weighted by Gasteiger charge is -2.01. The Labute approximate surface area is 65.0 Å². The van der Waals surface area contributed by atoms with Crippen molar-refractivity contribution >= 4 is 12.0 Å². The van der Waals surface area contributed by atoms with E-state index < -0.39 is 0 Å². The number of aliphatic imine (C=N–C) groups is 1. The molecule has 1 aromatic heterocycles. The van der Waals surface area contributed by atoms with Gasteiger partial charge in [0, 0.05) is 23.4 Å². The Morgan fingerprint density at radius 2 is 2.27 bits per heavy atom. The third-order valence-electron chi connectivity index (χ3n) is 2.55. The third kappa shape index (κ3) is 0.570. The summed E-state index contributed by atoms with van der Waals surface area (Å²) in [6.45, 7) is 0. The zero-order valence-electron chi connectivity index (χ0n) is 6.12. The van der Waals surface area contributed by atoms with Gasteiger partial charge >= 0.3 is 0 Å². The van der Waals surface area contributed by atoms with Crippen LogP contribution in [-0.4, -0.2) is 11.2 Å². The zero-order chi connectivity index (χ0) is 7.31. The average Bonchev–Trinajstić information content (AvgIpc) is 2.72. The van der Waals surface area contributed by atoms with Crippen LogP contribution in [0.3, 0.4) is 0 Å². The molecule has 0 radical (unpaired) electrons. The molecule has 0 unspecified atom stereocenters. The lowest BCUT2D eigenvalue weighted by molar-refractivity contribution is 0.995. The molecule has 1 spiro atoms. The van der Waals surface area contributed by atoms with Gasteiger partial charge < -0.3 is 0 Å². The monoisotopic (exact) mass is 144 g/mol. The second-order valence-electron chi connectivity index (χ2n) is 3.29. The van der Waals surface area contributed by atoms with E-state index in [1.807, 2.05) is 6.07 Å². The Balaban J connectivity index is 2.28. The van der Waals surface area contributed by atoms with E-state index in [4.69, 9.17) is 0 Å². The summed E-state index contributed by atoms with van der Waals surface area (Å²) in [6.07, 6.45) is 6.38. The molecule has 0 bridgehead atoms. The molecular formula is C9H8N2. The predicted molar refractivity (Wildman–Crippen MR) is 43.3 cm³/mol. The van der Waals surface area contributed by atoms with Crippen LogP contribution in [0.15, 0.2) is 23.3 Å². The van der Waals surface area contributed by atoms with Crippen molar-refractivity contribution < 1.29 is 0 Å². The molecule has 0 aromatic carbocycles. The van der Waals surface area contributed by atoms with E-state index in [2.05, 4.69) is 22.3 Å². The number of hydrogen-bond acceptors (Lipinski definition) is 2. The van der Waals surface area contributed by atoms with Crippen LogP contribution in [0.2, 0.25) is 0 Å². The van der Waals surface area contributed by atoms with Crippen molar-refractivity contribution in [3.8, 4) is 0 Å². The summed E-state index contributed by atoms with van der Waals surface area (Å²) in [6, 6.07) is 4.13. The summed E-state index contributed by atoms with van der Waals surface area (Å²) < 4.78 is 0. The van der Waals surface area contributed by atoms with Crippen molar-refractivity contribution in [1.29, 1.82) is 0 Å². The standard InChI is InChI=1S/C9H8N2/c1-2-7-8(10-5-1)11-6-9(7)3-4-9/h1-2,5-6H,3-4H2. The van der Waals surface area contributed by atoms with Gasteiger partial charge in [-0.1, -0.05) is 6.07 Å². The van der Waals surface area contributed by atoms with Crippen LogP contribution < -0.4 is 0 Å². The van der Waals surface area contributed by atoms with E-state index >= 15 is 0 Å². The van der Waals surface area contributed by atoms with Gasteiger partial charge in [0.2, 0.25) is 0 Å². The second-order valence-corrected chi connectivity index (χ2v) is 3.29. The molecular weight excluding hydrogens is 136 g/mol. The van der Waals surface area contributed by atoms with Gasteiger partial charge in [0.15, 0.2) is 5.82 Å². The number of pyridine rings is 1. The van der Waals surface area contributed by atoms with Crippen molar-refractivity contribution in [2.24, 2.45) is 4.99 Å². The molecule has 2 heteroatoms. The Morgan fingerprint density at radius 3 is 3.09 bits per heavy atom. The van der Waals surface area contributed by atoms with E-state index in [1.165, 1.54) is 18.4 Å². The molecule has 1 aliphatic heterocycles. The lowest BCUT2D eigenvalue weighted by atomic mass is 10.0. The van der Waals surface area contributed by atoms with Gasteiger partial charge in [-0.25, -0.2) is 9.98 Å². The molecule has 2 nitrogen and oxygen atoms in total. The summed E-state index contributed by atoms with van der Waals surface area (Å²) in [5.41, 5.74) is 1.66. The van der Waals surface area contributed by atoms with Gasteiger partial charge in [-0.15, -0.1) is 0 Å². The van der Waals surface area contributed by atoms with Crippen LogP contribution in [0, 0.1) is 0 Å². The van der Waals surface area contributed by atoms with Gasteiger partial charge in [0.05, 0.1) is 0 Å². The first-order valence-electron chi connectivity index (χ1n) is 3.91. The van der Waals surface area contributed by atoms with E-state index in [1.54, 1.807) is 6.20 Å². The fourth-order valence-electron chi connectivity index (χ4n) is 1.68. The molecule has 0 N–H and O–H groups in total. The first-order valence-corrected chi connectivity index (χ1v) is 3.91. The summed E-state index contributed by atoms with van der Waals surface area (Å²) in [5.74, 6) is 0.935. The van der Waals surface area contributed by atoms with Gasteiger partial charge in [-0.2, -0.15) is 0 Å². The highest BCUT2D eigenvalue weighted by atomic mass is 14.9. The molecule has 1 aliphatic carbocycles. The van der Waals surface area contributed by atoms with Crippen LogP contribution in [-0.2, 0) is 5.41 Å². The number of hydrogen-bond donors (Lipinski definition) is 0. The molecule has 54 valence electrons. The molecule has 2 aliphatic rings. The van der Waals surface area contributed by atoms with Crippen molar-refractivity contribution in [3.05, 3.63) is 23.9 Å². The molecule has 1 fully saturated rings. The minimum Gasteiger partial charge on any atom is -0.240 e. The third-order valence-corrected chi connectivity index (χ3v) is 2.55. The predicted octanol–water partition coefficient (Wildman–Crippen LogP) is 1.83. The largest absolute Gasteiger partial charge is 0.240 e. The van der Waals surface area contributed by atoms with E-state index in [0.717, 1.165) is 5.82 Å². The Hall–Kier alpha value is -1.18. The Kier molecular flexibility index (Phi) is 0.757. The average molecular weight is 144 g/mol.